The highest BCUT2D eigenvalue weighted by atomic mass is 79.9. The number of halogens is 1. The lowest BCUT2D eigenvalue weighted by molar-refractivity contribution is -0.118. The Morgan fingerprint density at radius 1 is 1.12 bits per heavy atom. The Hall–Kier alpha value is -2.87. The van der Waals surface area contributed by atoms with Gasteiger partial charge in [-0.15, -0.1) is 11.3 Å². The van der Waals surface area contributed by atoms with Gasteiger partial charge in [0, 0.05) is 27.0 Å². The van der Waals surface area contributed by atoms with Crippen LogP contribution in [0.25, 0.3) is 0 Å². The maximum Gasteiger partial charge on any atom is 0.162 e. The molecule has 2 aliphatic carbocycles. The number of rotatable bonds is 2. The van der Waals surface area contributed by atoms with Crippen molar-refractivity contribution in [1.29, 1.82) is 10.5 Å². The highest BCUT2D eigenvalue weighted by molar-refractivity contribution is 9.10. The third-order valence-corrected chi connectivity index (χ3v) is 8.86. The normalized spacial score (nSPS) is 21.6. The minimum Gasteiger partial charge on any atom is -0.384 e. The Morgan fingerprint density at radius 3 is 2.50 bits per heavy atom. The first-order valence-corrected chi connectivity index (χ1v) is 13.1. The standard InChI is InChI=1S/C27H25BrN4OS/c1-27(2)11-20-24(21(33)12-27)23(15-7-9-16(28)10-8-15)19(14-30)25(31)32(20)26-18(13-29)17-5-3-4-6-22(17)34-26/h7-10,23H,3-6,11-12,31H2,1-2H3/t23-/m0/s1. The van der Waals surface area contributed by atoms with Crippen LogP contribution < -0.4 is 10.6 Å². The number of allylic oxidation sites excluding steroid dienone is 3. The summed E-state index contributed by atoms with van der Waals surface area (Å²) in [5.74, 6) is -0.132. The average molecular weight is 533 g/mol. The number of Topliss-reactive ketones (excluding diaryl/α,β-unsaturated/α-hetero) is 1. The molecule has 2 aromatic rings. The second kappa shape index (κ2) is 8.41. The van der Waals surface area contributed by atoms with Crippen LogP contribution >= 0.6 is 27.3 Å². The molecule has 1 aliphatic heterocycles. The monoisotopic (exact) mass is 532 g/mol. The van der Waals surface area contributed by atoms with Crippen LogP contribution in [0.2, 0.25) is 0 Å². The lowest BCUT2D eigenvalue weighted by Gasteiger charge is -2.43. The van der Waals surface area contributed by atoms with Crippen molar-refractivity contribution < 1.29 is 4.79 Å². The first kappa shape index (κ1) is 22.9. The molecule has 0 saturated heterocycles. The van der Waals surface area contributed by atoms with E-state index in [0.29, 0.717) is 35.4 Å². The second-order valence-electron chi connectivity index (χ2n) is 10.0. The molecule has 1 aromatic carbocycles. The van der Waals surface area contributed by atoms with E-state index in [-0.39, 0.29) is 11.2 Å². The molecule has 0 bridgehead atoms. The summed E-state index contributed by atoms with van der Waals surface area (Å²) < 4.78 is 0.928. The minimum absolute atomic E-state index is 0.0456. The van der Waals surface area contributed by atoms with Gasteiger partial charge in [0.2, 0.25) is 0 Å². The summed E-state index contributed by atoms with van der Waals surface area (Å²) >= 11 is 5.07. The van der Waals surface area contributed by atoms with Crippen LogP contribution in [-0.2, 0) is 17.6 Å². The van der Waals surface area contributed by atoms with E-state index in [0.717, 1.165) is 52.0 Å². The second-order valence-corrected chi connectivity index (χ2v) is 12.0. The van der Waals surface area contributed by atoms with E-state index < -0.39 is 5.92 Å². The summed E-state index contributed by atoms with van der Waals surface area (Å²) in [4.78, 5) is 16.8. The molecule has 5 nitrogen and oxygen atoms in total. The van der Waals surface area contributed by atoms with Crippen LogP contribution in [0.3, 0.4) is 0 Å². The fourth-order valence-electron chi connectivity index (χ4n) is 5.55. The molecule has 0 saturated carbocycles. The lowest BCUT2D eigenvalue weighted by atomic mass is 9.68. The van der Waals surface area contributed by atoms with Crippen LogP contribution in [0.4, 0.5) is 5.00 Å². The van der Waals surface area contributed by atoms with Gasteiger partial charge in [0.05, 0.1) is 23.1 Å². The van der Waals surface area contributed by atoms with E-state index in [2.05, 4.69) is 41.9 Å². The van der Waals surface area contributed by atoms with Gasteiger partial charge in [0.1, 0.15) is 16.9 Å². The number of thiophene rings is 1. The maximum absolute atomic E-state index is 13.7. The van der Waals surface area contributed by atoms with Crippen LogP contribution in [0, 0.1) is 28.1 Å². The third kappa shape index (κ3) is 3.59. The smallest absolute Gasteiger partial charge is 0.162 e. The van der Waals surface area contributed by atoms with Gasteiger partial charge in [-0.3, -0.25) is 9.69 Å². The van der Waals surface area contributed by atoms with Crippen molar-refractivity contribution >= 4 is 38.1 Å². The molecule has 7 heteroatoms. The number of hydrogen-bond donors (Lipinski definition) is 1. The number of nitrogens with two attached hydrogens (primary N) is 1. The summed E-state index contributed by atoms with van der Waals surface area (Å²) in [7, 11) is 0. The highest BCUT2D eigenvalue weighted by Crippen LogP contribution is 2.52. The van der Waals surface area contributed by atoms with Crippen molar-refractivity contribution in [3.05, 3.63) is 73.0 Å². The zero-order chi connectivity index (χ0) is 24.2. The summed E-state index contributed by atoms with van der Waals surface area (Å²) in [6, 6.07) is 12.5. The first-order valence-electron chi connectivity index (χ1n) is 11.5. The van der Waals surface area contributed by atoms with E-state index in [1.165, 1.54) is 4.88 Å². The number of fused-ring (bicyclic) bond motifs is 1. The van der Waals surface area contributed by atoms with Crippen molar-refractivity contribution in [3.63, 3.8) is 0 Å². The van der Waals surface area contributed by atoms with Gasteiger partial charge in [-0.1, -0.05) is 41.9 Å². The van der Waals surface area contributed by atoms with Gasteiger partial charge in [-0.2, -0.15) is 10.5 Å². The molecular weight excluding hydrogens is 508 g/mol. The predicted molar refractivity (Wildman–Crippen MR) is 137 cm³/mol. The predicted octanol–water partition coefficient (Wildman–Crippen LogP) is 6.20. The zero-order valence-corrected chi connectivity index (χ0v) is 21.6. The molecule has 2 heterocycles. The van der Waals surface area contributed by atoms with Crippen molar-refractivity contribution in [2.24, 2.45) is 11.1 Å². The molecule has 0 unspecified atom stereocenters. The molecule has 0 fully saturated rings. The third-order valence-electron chi connectivity index (χ3n) is 7.05. The number of ketones is 1. The van der Waals surface area contributed by atoms with Gasteiger partial charge >= 0.3 is 0 Å². The van der Waals surface area contributed by atoms with Gasteiger partial charge in [0.25, 0.3) is 0 Å². The molecule has 5 rings (SSSR count). The number of nitriles is 2. The van der Waals surface area contributed by atoms with E-state index in [1.807, 2.05) is 29.2 Å². The van der Waals surface area contributed by atoms with E-state index in [4.69, 9.17) is 5.73 Å². The number of anilines is 1. The topological polar surface area (TPSA) is 93.9 Å². The Kier molecular flexibility index (Phi) is 5.67. The van der Waals surface area contributed by atoms with Gasteiger partial charge < -0.3 is 5.73 Å². The summed E-state index contributed by atoms with van der Waals surface area (Å²) in [6.45, 7) is 4.18. The molecule has 0 spiro atoms. The molecule has 1 atom stereocenters. The number of hydrogen-bond acceptors (Lipinski definition) is 6. The quantitative estimate of drug-likeness (QED) is 0.496. The Balaban J connectivity index is 1.79. The van der Waals surface area contributed by atoms with Gasteiger partial charge in [0.15, 0.2) is 5.78 Å². The molecule has 1 aromatic heterocycles. The number of aryl methyl sites for hydroxylation is 1. The fourth-order valence-corrected chi connectivity index (χ4v) is 7.20. The average Bonchev–Trinajstić information content (AvgIpc) is 3.16. The SMILES string of the molecule is CC1(C)CC(=O)C2=C(C1)N(c1sc3c(c1C#N)CCCC3)C(N)=C(C#N)[C@@H]2c1ccc(Br)cc1. The van der Waals surface area contributed by atoms with Crippen LogP contribution in [0.1, 0.15) is 67.0 Å². The van der Waals surface area contributed by atoms with Crippen molar-refractivity contribution in [1.82, 2.24) is 0 Å². The maximum atomic E-state index is 13.7. The highest BCUT2D eigenvalue weighted by Gasteiger charge is 2.45. The molecular formula is C27H25BrN4OS. The first-order chi connectivity index (χ1) is 16.3. The zero-order valence-electron chi connectivity index (χ0n) is 19.2. The van der Waals surface area contributed by atoms with Crippen LogP contribution in [-0.4, -0.2) is 5.78 Å². The lowest BCUT2D eigenvalue weighted by Crippen LogP contribution is -2.42. The van der Waals surface area contributed by atoms with Crippen molar-refractivity contribution in [2.75, 3.05) is 4.90 Å². The molecule has 34 heavy (non-hydrogen) atoms. The molecule has 3 aliphatic rings. The van der Waals surface area contributed by atoms with Crippen molar-refractivity contribution in [2.45, 2.75) is 58.3 Å². The number of carbonyl (C=O) groups excluding carboxylic acids is 1. The summed E-state index contributed by atoms with van der Waals surface area (Å²) in [6.07, 6.45) is 5.07. The number of nitrogens with zero attached hydrogens (tertiary/aromatic N) is 3. The van der Waals surface area contributed by atoms with Gasteiger partial charge in [-0.05, 0) is 60.8 Å². The largest absolute Gasteiger partial charge is 0.384 e. The van der Waals surface area contributed by atoms with Crippen LogP contribution in [0.15, 0.2) is 51.4 Å². The van der Waals surface area contributed by atoms with Gasteiger partial charge in [-0.25, -0.2) is 0 Å². The fraction of sp³-hybridized carbons (Fsp3) is 0.370. The molecule has 172 valence electrons. The molecule has 2 N–H and O–H groups in total. The molecule has 0 amide bonds. The van der Waals surface area contributed by atoms with E-state index in [1.54, 1.807) is 11.3 Å². The number of carbonyl (C=O) groups is 1. The number of benzene rings is 1. The Bertz CT molecular complexity index is 1350. The summed E-state index contributed by atoms with van der Waals surface area (Å²) in [5.41, 5.74) is 11.0. The molecule has 0 radical (unpaired) electrons. The van der Waals surface area contributed by atoms with Crippen LogP contribution in [0.5, 0.6) is 0 Å². The van der Waals surface area contributed by atoms with E-state index in [9.17, 15) is 15.3 Å². The Labute approximate surface area is 212 Å². The van der Waals surface area contributed by atoms with E-state index >= 15 is 0 Å². The summed E-state index contributed by atoms with van der Waals surface area (Å²) in [5, 5.41) is 21.1. The Morgan fingerprint density at radius 2 is 1.82 bits per heavy atom. The van der Waals surface area contributed by atoms with Crippen molar-refractivity contribution in [3.8, 4) is 12.1 Å². The minimum atomic E-state index is -0.506.